The zero-order chi connectivity index (χ0) is 15.4. The van der Waals surface area contributed by atoms with Crippen molar-refractivity contribution in [3.05, 3.63) is 43.8 Å². The molecule has 0 aliphatic heterocycles. The molecule has 4 nitrogen and oxygen atoms in total. The number of methoxy groups -OCH3 is 1. The van der Waals surface area contributed by atoms with Gasteiger partial charge in [0.05, 0.1) is 12.8 Å². The van der Waals surface area contributed by atoms with E-state index in [4.69, 9.17) is 4.74 Å². The molecule has 1 amide bonds. The fourth-order valence-corrected chi connectivity index (χ4v) is 3.41. The Hall–Kier alpha value is -1.92. The van der Waals surface area contributed by atoms with Crippen molar-refractivity contribution in [3.8, 4) is 0 Å². The van der Waals surface area contributed by atoms with Gasteiger partial charge in [-0.05, 0) is 43.0 Å². The number of hydrogen-bond donors (Lipinski definition) is 1. The number of nitrogens with one attached hydrogen (secondary N) is 1. The first-order valence-corrected chi connectivity index (χ1v) is 7.92. The molecule has 0 unspecified atom stereocenters. The maximum Gasteiger partial charge on any atom is 0.350 e. The SMILES string of the molecule is COC(=O)c1scc(C)c1NC(=O)/C=C/c1ccc(C)s1. The lowest BCUT2D eigenvalue weighted by Crippen LogP contribution is -2.11. The summed E-state index contributed by atoms with van der Waals surface area (Å²) in [4.78, 5) is 26.2. The summed E-state index contributed by atoms with van der Waals surface area (Å²) in [6.07, 6.45) is 3.22. The summed E-state index contributed by atoms with van der Waals surface area (Å²) >= 11 is 2.87. The van der Waals surface area contributed by atoms with Gasteiger partial charge >= 0.3 is 5.97 Å². The smallest absolute Gasteiger partial charge is 0.350 e. The van der Waals surface area contributed by atoms with E-state index < -0.39 is 5.97 Å². The number of rotatable bonds is 4. The number of aryl methyl sites for hydroxylation is 2. The Morgan fingerprint density at radius 2 is 2.05 bits per heavy atom. The first kappa shape index (κ1) is 15.5. The van der Waals surface area contributed by atoms with Crippen molar-refractivity contribution in [2.45, 2.75) is 13.8 Å². The van der Waals surface area contributed by atoms with Gasteiger partial charge < -0.3 is 10.1 Å². The number of ether oxygens (including phenoxy) is 1. The summed E-state index contributed by atoms with van der Waals surface area (Å²) in [5.74, 6) is -0.714. The molecule has 0 saturated carbocycles. The molecule has 2 rings (SSSR count). The van der Waals surface area contributed by atoms with Gasteiger partial charge in [-0.2, -0.15) is 0 Å². The molecular weight excluding hydrogens is 306 g/mol. The highest BCUT2D eigenvalue weighted by Crippen LogP contribution is 2.28. The molecule has 0 atom stereocenters. The first-order chi connectivity index (χ1) is 10.0. The summed E-state index contributed by atoms with van der Waals surface area (Å²) in [6.45, 7) is 3.85. The van der Waals surface area contributed by atoms with Crippen LogP contribution in [0, 0.1) is 13.8 Å². The van der Waals surface area contributed by atoms with Crippen LogP contribution < -0.4 is 5.32 Å². The van der Waals surface area contributed by atoms with E-state index in [2.05, 4.69) is 5.32 Å². The van der Waals surface area contributed by atoms with Crippen molar-refractivity contribution in [1.29, 1.82) is 0 Å². The predicted molar refractivity (Wildman–Crippen MR) is 87.1 cm³/mol. The van der Waals surface area contributed by atoms with E-state index in [0.717, 1.165) is 10.4 Å². The van der Waals surface area contributed by atoms with E-state index in [1.54, 1.807) is 17.4 Å². The molecule has 0 aliphatic carbocycles. The molecule has 0 aromatic carbocycles. The zero-order valence-electron chi connectivity index (χ0n) is 11.9. The molecular formula is C15H15NO3S2. The number of anilines is 1. The Labute approximate surface area is 131 Å². The molecule has 2 aromatic rings. The third-order valence-corrected chi connectivity index (χ3v) is 4.80. The van der Waals surface area contributed by atoms with Gasteiger partial charge in [0.2, 0.25) is 5.91 Å². The Kier molecular flexibility index (Phi) is 4.93. The minimum atomic E-state index is -0.443. The normalized spacial score (nSPS) is 10.8. The number of hydrogen-bond acceptors (Lipinski definition) is 5. The first-order valence-electron chi connectivity index (χ1n) is 6.23. The van der Waals surface area contributed by atoms with E-state index in [9.17, 15) is 9.59 Å². The molecule has 0 radical (unpaired) electrons. The van der Waals surface area contributed by atoms with E-state index in [0.29, 0.717) is 10.6 Å². The number of thiophene rings is 2. The maximum absolute atomic E-state index is 12.0. The second-order valence-electron chi connectivity index (χ2n) is 4.39. The van der Waals surface area contributed by atoms with Crippen molar-refractivity contribution in [2.24, 2.45) is 0 Å². The van der Waals surface area contributed by atoms with Crippen LogP contribution in [0.15, 0.2) is 23.6 Å². The molecule has 110 valence electrons. The summed E-state index contributed by atoms with van der Waals surface area (Å²) in [5.41, 5.74) is 1.36. The van der Waals surface area contributed by atoms with E-state index in [-0.39, 0.29) is 5.91 Å². The highest BCUT2D eigenvalue weighted by atomic mass is 32.1. The molecule has 0 bridgehead atoms. The zero-order valence-corrected chi connectivity index (χ0v) is 13.6. The molecule has 0 fully saturated rings. The van der Waals surface area contributed by atoms with Crippen LogP contribution in [0.5, 0.6) is 0 Å². The highest BCUT2D eigenvalue weighted by Gasteiger charge is 2.17. The van der Waals surface area contributed by atoms with Crippen molar-refractivity contribution < 1.29 is 14.3 Å². The molecule has 2 heterocycles. The third kappa shape index (κ3) is 3.80. The van der Waals surface area contributed by atoms with Crippen molar-refractivity contribution >= 4 is 46.3 Å². The number of carbonyl (C=O) groups is 2. The Bertz CT molecular complexity index is 698. The standard InChI is InChI=1S/C15H15NO3S2/c1-9-8-20-14(15(18)19-3)13(9)16-12(17)7-6-11-5-4-10(2)21-11/h4-8H,1-3H3,(H,16,17)/b7-6+. The molecule has 0 aliphatic rings. The fourth-order valence-electron chi connectivity index (χ4n) is 1.71. The Balaban J connectivity index is 2.11. The lowest BCUT2D eigenvalue weighted by molar-refractivity contribution is -0.111. The van der Waals surface area contributed by atoms with Crippen LogP contribution in [-0.2, 0) is 9.53 Å². The van der Waals surface area contributed by atoms with Crippen LogP contribution >= 0.6 is 22.7 Å². The minimum absolute atomic E-state index is 0.271. The van der Waals surface area contributed by atoms with Gasteiger partial charge in [-0.1, -0.05) is 0 Å². The van der Waals surface area contributed by atoms with Crippen LogP contribution in [-0.4, -0.2) is 19.0 Å². The highest BCUT2D eigenvalue weighted by molar-refractivity contribution is 7.13. The lowest BCUT2D eigenvalue weighted by Gasteiger charge is -2.04. The average molecular weight is 321 g/mol. The quantitative estimate of drug-likeness (QED) is 0.687. The van der Waals surface area contributed by atoms with E-state index in [1.165, 1.54) is 29.4 Å². The monoisotopic (exact) mass is 321 g/mol. The molecule has 6 heteroatoms. The van der Waals surface area contributed by atoms with Crippen LogP contribution in [0.3, 0.4) is 0 Å². The second kappa shape index (κ2) is 6.69. The topological polar surface area (TPSA) is 55.4 Å². The number of amides is 1. The maximum atomic E-state index is 12.0. The van der Waals surface area contributed by atoms with Crippen LogP contribution in [0.2, 0.25) is 0 Å². The second-order valence-corrected chi connectivity index (χ2v) is 6.58. The molecule has 1 N–H and O–H groups in total. The Morgan fingerprint density at radius 3 is 2.67 bits per heavy atom. The summed E-state index contributed by atoms with van der Waals surface area (Å²) in [5, 5.41) is 4.55. The van der Waals surface area contributed by atoms with E-state index >= 15 is 0 Å². The average Bonchev–Trinajstić information content (AvgIpc) is 3.03. The van der Waals surface area contributed by atoms with Gasteiger partial charge in [0.15, 0.2) is 0 Å². The number of carbonyl (C=O) groups excluding carboxylic acids is 2. The van der Waals surface area contributed by atoms with Crippen molar-refractivity contribution in [3.63, 3.8) is 0 Å². The Morgan fingerprint density at radius 1 is 1.29 bits per heavy atom. The minimum Gasteiger partial charge on any atom is -0.465 e. The van der Waals surface area contributed by atoms with Gasteiger partial charge in [-0.15, -0.1) is 22.7 Å². The van der Waals surface area contributed by atoms with Crippen LogP contribution in [0.25, 0.3) is 6.08 Å². The lowest BCUT2D eigenvalue weighted by atomic mass is 10.2. The van der Waals surface area contributed by atoms with Crippen LogP contribution in [0.1, 0.15) is 25.0 Å². The van der Waals surface area contributed by atoms with Crippen molar-refractivity contribution in [1.82, 2.24) is 0 Å². The third-order valence-electron chi connectivity index (χ3n) is 2.75. The predicted octanol–water partition coefficient (Wildman–Crippen LogP) is 3.86. The van der Waals surface area contributed by atoms with Crippen molar-refractivity contribution in [2.75, 3.05) is 12.4 Å². The van der Waals surface area contributed by atoms with Crippen LogP contribution in [0.4, 0.5) is 5.69 Å². The summed E-state index contributed by atoms with van der Waals surface area (Å²) in [7, 11) is 1.32. The van der Waals surface area contributed by atoms with Gasteiger partial charge in [-0.25, -0.2) is 4.79 Å². The summed E-state index contributed by atoms with van der Waals surface area (Å²) < 4.78 is 4.71. The molecule has 0 saturated heterocycles. The number of esters is 1. The van der Waals surface area contributed by atoms with E-state index in [1.807, 2.05) is 31.4 Å². The molecule has 0 spiro atoms. The fraction of sp³-hybridized carbons (Fsp3) is 0.200. The molecule has 2 aromatic heterocycles. The summed E-state index contributed by atoms with van der Waals surface area (Å²) in [6, 6.07) is 3.96. The largest absolute Gasteiger partial charge is 0.465 e. The molecule has 21 heavy (non-hydrogen) atoms. The van der Waals surface area contributed by atoms with Gasteiger partial charge in [-0.3, -0.25) is 4.79 Å². The van der Waals surface area contributed by atoms with Gasteiger partial charge in [0, 0.05) is 15.8 Å². The van der Waals surface area contributed by atoms with Gasteiger partial charge in [0.1, 0.15) is 4.88 Å². The van der Waals surface area contributed by atoms with Gasteiger partial charge in [0.25, 0.3) is 0 Å².